The molecule has 3 rings (SSSR count). The van der Waals surface area contributed by atoms with Crippen LogP contribution in [0.2, 0.25) is 0 Å². The summed E-state index contributed by atoms with van der Waals surface area (Å²) >= 11 is 0. The SMILES string of the molecule is COC(=O)c1ccccc1NC(=O)c1ccc(Nc2cccc(C(C)=O)c2)nc1. The molecule has 2 N–H and O–H groups in total. The number of amides is 1. The molecule has 146 valence electrons. The molecule has 0 radical (unpaired) electrons. The highest BCUT2D eigenvalue weighted by Gasteiger charge is 2.14. The van der Waals surface area contributed by atoms with Crippen LogP contribution >= 0.6 is 0 Å². The lowest BCUT2D eigenvalue weighted by atomic mass is 10.1. The minimum atomic E-state index is -0.536. The lowest BCUT2D eigenvalue weighted by molar-refractivity contribution is 0.0601. The summed E-state index contributed by atoms with van der Waals surface area (Å²) in [6.07, 6.45) is 1.42. The highest BCUT2D eigenvalue weighted by Crippen LogP contribution is 2.19. The molecule has 7 heteroatoms. The summed E-state index contributed by atoms with van der Waals surface area (Å²) in [5, 5.41) is 5.78. The second kappa shape index (κ2) is 8.79. The molecule has 1 aromatic heterocycles. The van der Waals surface area contributed by atoms with Gasteiger partial charge in [-0.1, -0.05) is 24.3 Å². The number of hydrogen-bond acceptors (Lipinski definition) is 6. The molecule has 0 unspecified atom stereocenters. The number of benzene rings is 2. The number of pyridine rings is 1. The van der Waals surface area contributed by atoms with E-state index >= 15 is 0 Å². The van der Waals surface area contributed by atoms with Gasteiger partial charge in [0.05, 0.1) is 23.9 Å². The molecule has 1 heterocycles. The van der Waals surface area contributed by atoms with E-state index in [0.717, 1.165) is 5.69 Å². The van der Waals surface area contributed by atoms with Crippen molar-refractivity contribution in [2.24, 2.45) is 0 Å². The zero-order valence-corrected chi connectivity index (χ0v) is 15.9. The Hall–Kier alpha value is -4.00. The summed E-state index contributed by atoms with van der Waals surface area (Å²) in [5.41, 5.74) is 2.25. The average molecular weight is 389 g/mol. The third kappa shape index (κ3) is 4.84. The maximum atomic E-state index is 12.5. The number of nitrogens with one attached hydrogen (secondary N) is 2. The van der Waals surface area contributed by atoms with Crippen molar-refractivity contribution in [1.29, 1.82) is 0 Å². The second-order valence-electron chi connectivity index (χ2n) is 6.19. The van der Waals surface area contributed by atoms with Gasteiger partial charge in [-0.3, -0.25) is 9.59 Å². The van der Waals surface area contributed by atoms with Crippen LogP contribution in [0.25, 0.3) is 0 Å². The first-order valence-electron chi connectivity index (χ1n) is 8.80. The Balaban J connectivity index is 1.72. The van der Waals surface area contributed by atoms with Crippen molar-refractivity contribution in [1.82, 2.24) is 4.98 Å². The van der Waals surface area contributed by atoms with Gasteiger partial charge in [0, 0.05) is 17.4 Å². The Morgan fingerprint density at radius 3 is 2.41 bits per heavy atom. The number of Topliss-reactive ketones (excluding diaryl/α,β-unsaturated/α-hetero) is 1. The van der Waals surface area contributed by atoms with Crippen LogP contribution in [0, 0.1) is 0 Å². The monoisotopic (exact) mass is 389 g/mol. The number of aromatic nitrogens is 1. The molecule has 0 aliphatic carbocycles. The molecule has 3 aromatic rings. The van der Waals surface area contributed by atoms with Gasteiger partial charge in [0.25, 0.3) is 5.91 Å². The normalized spacial score (nSPS) is 10.1. The number of rotatable bonds is 6. The number of ketones is 1. The zero-order chi connectivity index (χ0) is 20.8. The summed E-state index contributed by atoms with van der Waals surface area (Å²) in [4.78, 5) is 40.1. The molecule has 2 aromatic carbocycles. The van der Waals surface area contributed by atoms with Crippen molar-refractivity contribution < 1.29 is 19.1 Å². The van der Waals surface area contributed by atoms with E-state index in [-0.39, 0.29) is 11.3 Å². The number of para-hydroxylation sites is 1. The van der Waals surface area contributed by atoms with Crippen molar-refractivity contribution >= 4 is 34.9 Å². The highest BCUT2D eigenvalue weighted by atomic mass is 16.5. The van der Waals surface area contributed by atoms with E-state index in [0.29, 0.717) is 22.6 Å². The van der Waals surface area contributed by atoms with E-state index in [1.54, 1.807) is 54.6 Å². The summed E-state index contributed by atoms with van der Waals surface area (Å²) in [6, 6.07) is 16.9. The molecular weight excluding hydrogens is 370 g/mol. The van der Waals surface area contributed by atoms with Crippen molar-refractivity contribution in [3.8, 4) is 0 Å². The number of methoxy groups -OCH3 is 1. The predicted octanol–water partition coefficient (Wildman–Crippen LogP) is 4.07. The Morgan fingerprint density at radius 1 is 0.931 bits per heavy atom. The molecular formula is C22H19N3O4. The zero-order valence-electron chi connectivity index (χ0n) is 15.9. The van der Waals surface area contributed by atoms with E-state index in [4.69, 9.17) is 4.74 Å². The quantitative estimate of drug-likeness (QED) is 0.487. The van der Waals surface area contributed by atoms with E-state index in [2.05, 4.69) is 15.6 Å². The van der Waals surface area contributed by atoms with Crippen LogP contribution in [-0.4, -0.2) is 29.8 Å². The first kappa shape index (κ1) is 19.8. The minimum Gasteiger partial charge on any atom is -0.465 e. The summed E-state index contributed by atoms with van der Waals surface area (Å²) in [7, 11) is 1.28. The molecule has 0 fully saturated rings. The van der Waals surface area contributed by atoms with Gasteiger partial charge in [-0.05, 0) is 43.3 Å². The Bertz CT molecular complexity index is 1060. The molecule has 0 bridgehead atoms. The molecule has 1 amide bonds. The van der Waals surface area contributed by atoms with Gasteiger partial charge in [-0.15, -0.1) is 0 Å². The molecule has 0 saturated heterocycles. The summed E-state index contributed by atoms with van der Waals surface area (Å²) in [6.45, 7) is 1.50. The van der Waals surface area contributed by atoms with Crippen molar-refractivity contribution in [3.63, 3.8) is 0 Å². The number of carbonyl (C=O) groups is 3. The van der Waals surface area contributed by atoms with Crippen LogP contribution < -0.4 is 10.6 Å². The molecule has 7 nitrogen and oxygen atoms in total. The summed E-state index contributed by atoms with van der Waals surface area (Å²) in [5.74, 6) is -0.441. The first-order valence-corrected chi connectivity index (χ1v) is 8.80. The lowest BCUT2D eigenvalue weighted by Crippen LogP contribution is -2.15. The third-order valence-corrected chi connectivity index (χ3v) is 4.15. The average Bonchev–Trinajstić information content (AvgIpc) is 2.74. The van der Waals surface area contributed by atoms with Crippen LogP contribution in [0.5, 0.6) is 0 Å². The van der Waals surface area contributed by atoms with Gasteiger partial charge >= 0.3 is 5.97 Å². The minimum absolute atomic E-state index is 0.0270. The maximum absolute atomic E-state index is 12.5. The number of nitrogens with zero attached hydrogens (tertiary/aromatic N) is 1. The smallest absolute Gasteiger partial charge is 0.339 e. The fourth-order valence-electron chi connectivity index (χ4n) is 2.64. The Labute approximate surface area is 167 Å². The molecule has 0 atom stereocenters. The molecule has 0 saturated carbocycles. The van der Waals surface area contributed by atoms with Crippen molar-refractivity contribution in [3.05, 3.63) is 83.6 Å². The lowest BCUT2D eigenvalue weighted by Gasteiger charge is -2.10. The number of carbonyl (C=O) groups excluding carboxylic acids is 3. The van der Waals surface area contributed by atoms with Gasteiger partial charge in [0.2, 0.25) is 0 Å². The molecule has 0 aliphatic heterocycles. The maximum Gasteiger partial charge on any atom is 0.339 e. The van der Waals surface area contributed by atoms with E-state index < -0.39 is 11.9 Å². The van der Waals surface area contributed by atoms with E-state index in [1.165, 1.54) is 20.2 Å². The number of ether oxygens (including phenoxy) is 1. The van der Waals surface area contributed by atoms with Crippen molar-refractivity contribution in [2.75, 3.05) is 17.7 Å². The van der Waals surface area contributed by atoms with Crippen LogP contribution in [-0.2, 0) is 4.74 Å². The van der Waals surface area contributed by atoms with Crippen LogP contribution in [0.1, 0.15) is 38.0 Å². The fraction of sp³-hybridized carbons (Fsp3) is 0.0909. The van der Waals surface area contributed by atoms with Crippen LogP contribution in [0.3, 0.4) is 0 Å². The van der Waals surface area contributed by atoms with Gasteiger partial charge in [-0.25, -0.2) is 9.78 Å². The van der Waals surface area contributed by atoms with E-state index in [9.17, 15) is 14.4 Å². The Morgan fingerprint density at radius 2 is 1.72 bits per heavy atom. The van der Waals surface area contributed by atoms with E-state index in [1.807, 2.05) is 6.07 Å². The third-order valence-electron chi connectivity index (χ3n) is 4.15. The van der Waals surface area contributed by atoms with Crippen LogP contribution in [0.15, 0.2) is 66.9 Å². The number of hydrogen-bond donors (Lipinski definition) is 2. The first-order chi connectivity index (χ1) is 14.0. The highest BCUT2D eigenvalue weighted by molar-refractivity contribution is 6.07. The molecule has 29 heavy (non-hydrogen) atoms. The molecule has 0 aliphatic rings. The number of anilines is 3. The van der Waals surface area contributed by atoms with Gasteiger partial charge in [-0.2, -0.15) is 0 Å². The summed E-state index contributed by atoms with van der Waals surface area (Å²) < 4.78 is 4.73. The topological polar surface area (TPSA) is 97.4 Å². The van der Waals surface area contributed by atoms with Gasteiger partial charge in [0.15, 0.2) is 5.78 Å². The predicted molar refractivity (Wildman–Crippen MR) is 110 cm³/mol. The van der Waals surface area contributed by atoms with Crippen molar-refractivity contribution in [2.45, 2.75) is 6.92 Å². The standard InChI is InChI=1S/C22H19N3O4/c1-14(26)15-6-5-7-17(12-15)24-20-11-10-16(13-23-20)21(27)25-19-9-4-3-8-18(19)22(28)29-2/h3-13H,1-2H3,(H,23,24)(H,25,27). The number of esters is 1. The second-order valence-corrected chi connectivity index (χ2v) is 6.19. The van der Waals surface area contributed by atoms with Crippen LogP contribution in [0.4, 0.5) is 17.2 Å². The Kier molecular flexibility index (Phi) is 5.99. The largest absolute Gasteiger partial charge is 0.465 e. The fourth-order valence-corrected chi connectivity index (χ4v) is 2.64. The van der Waals surface area contributed by atoms with Gasteiger partial charge < -0.3 is 15.4 Å². The van der Waals surface area contributed by atoms with Gasteiger partial charge in [0.1, 0.15) is 5.82 Å². The molecule has 0 spiro atoms.